The minimum absolute atomic E-state index is 0.0141. The second-order valence-electron chi connectivity index (χ2n) is 15.5. The molecule has 18 heteroatoms. The zero-order chi connectivity index (χ0) is 42.8. The SMILES string of the molecule is CC(C)C[C@H](NC(=O)[C@H](Cc1ccc(O)cc1)NC(=O)[C@H]1C/C=C\C[C@H](N)C(=O)N[C@@H](CCCCN)C(=O)N[C@@H](CCCCN)C(=O)N2CCC[C@H]2C(=O)N1)C(=O)O. The van der Waals surface area contributed by atoms with Crippen LogP contribution in [-0.2, 0) is 40.0 Å². The molecular formula is C40H63N9O9. The fraction of sp³-hybridized carbons (Fsp3) is 0.625. The zero-order valence-electron chi connectivity index (χ0n) is 33.6. The molecule has 1 aromatic rings. The van der Waals surface area contributed by atoms with Crippen molar-refractivity contribution in [3.05, 3.63) is 42.0 Å². The van der Waals surface area contributed by atoms with Crippen LogP contribution in [0.5, 0.6) is 5.75 Å². The number of hydrogen-bond acceptors (Lipinski definition) is 11. The quantitative estimate of drug-likeness (QED) is 0.0698. The van der Waals surface area contributed by atoms with Gasteiger partial charge in [-0.2, -0.15) is 0 Å². The number of amides is 6. The number of rotatable bonds is 17. The van der Waals surface area contributed by atoms with E-state index in [2.05, 4.69) is 26.6 Å². The number of phenols is 1. The number of hydrogen-bond donors (Lipinski definition) is 10. The van der Waals surface area contributed by atoms with Crippen LogP contribution < -0.4 is 43.8 Å². The van der Waals surface area contributed by atoms with Gasteiger partial charge in [-0.15, -0.1) is 0 Å². The van der Waals surface area contributed by atoms with Gasteiger partial charge in [0.15, 0.2) is 0 Å². The number of aromatic hydroxyl groups is 1. The van der Waals surface area contributed by atoms with Crippen LogP contribution in [0.4, 0.5) is 0 Å². The van der Waals surface area contributed by atoms with E-state index in [-0.39, 0.29) is 63.2 Å². The van der Waals surface area contributed by atoms with Gasteiger partial charge in [-0.05, 0) is 107 Å². The van der Waals surface area contributed by atoms with Crippen LogP contribution in [0.3, 0.4) is 0 Å². The number of carbonyl (C=O) groups is 7. The maximum atomic E-state index is 14.2. The lowest BCUT2D eigenvalue weighted by molar-refractivity contribution is -0.143. The molecule has 1 aromatic carbocycles. The molecule has 0 bridgehead atoms. The molecule has 2 aliphatic heterocycles. The van der Waals surface area contributed by atoms with E-state index in [0.717, 1.165) is 0 Å². The van der Waals surface area contributed by atoms with Crippen molar-refractivity contribution in [2.75, 3.05) is 19.6 Å². The van der Waals surface area contributed by atoms with Crippen LogP contribution in [0.2, 0.25) is 0 Å². The van der Waals surface area contributed by atoms with Crippen LogP contribution in [0.15, 0.2) is 36.4 Å². The van der Waals surface area contributed by atoms with Gasteiger partial charge in [0.05, 0.1) is 6.04 Å². The molecular weight excluding hydrogens is 750 g/mol. The van der Waals surface area contributed by atoms with Crippen molar-refractivity contribution >= 4 is 41.4 Å². The Bertz CT molecular complexity index is 1590. The highest BCUT2D eigenvalue weighted by atomic mass is 16.4. The summed E-state index contributed by atoms with van der Waals surface area (Å²) in [7, 11) is 0. The maximum Gasteiger partial charge on any atom is 0.326 e. The van der Waals surface area contributed by atoms with Crippen LogP contribution in [0.25, 0.3) is 0 Å². The monoisotopic (exact) mass is 813 g/mol. The minimum Gasteiger partial charge on any atom is -0.508 e. The van der Waals surface area contributed by atoms with Gasteiger partial charge in [-0.3, -0.25) is 28.8 Å². The van der Waals surface area contributed by atoms with Crippen LogP contribution in [0, 0.1) is 5.92 Å². The largest absolute Gasteiger partial charge is 0.508 e. The molecule has 58 heavy (non-hydrogen) atoms. The van der Waals surface area contributed by atoms with E-state index in [4.69, 9.17) is 17.2 Å². The molecule has 7 atom stereocenters. The van der Waals surface area contributed by atoms with Gasteiger partial charge >= 0.3 is 5.97 Å². The highest BCUT2D eigenvalue weighted by Gasteiger charge is 2.40. The van der Waals surface area contributed by atoms with Gasteiger partial charge in [0, 0.05) is 13.0 Å². The average Bonchev–Trinajstić information content (AvgIpc) is 3.68. The van der Waals surface area contributed by atoms with E-state index >= 15 is 0 Å². The number of carboxylic acid groups (broad SMARTS) is 1. The van der Waals surface area contributed by atoms with Crippen molar-refractivity contribution in [3.63, 3.8) is 0 Å². The highest BCUT2D eigenvalue weighted by molar-refractivity contribution is 5.97. The van der Waals surface area contributed by atoms with E-state index in [0.29, 0.717) is 50.8 Å². The molecule has 1 saturated heterocycles. The number of benzene rings is 1. The summed E-state index contributed by atoms with van der Waals surface area (Å²) >= 11 is 0. The van der Waals surface area contributed by atoms with E-state index in [1.165, 1.54) is 17.0 Å². The van der Waals surface area contributed by atoms with Crippen molar-refractivity contribution < 1.29 is 43.8 Å². The molecule has 0 spiro atoms. The van der Waals surface area contributed by atoms with Crippen LogP contribution >= 0.6 is 0 Å². The Morgan fingerprint density at radius 1 is 0.828 bits per heavy atom. The Hall–Kier alpha value is -5.07. The molecule has 0 saturated carbocycles. The first-order valence-corrected chi connectivity index (χ1v) is 20.3. The van der Waals surface area contributed by atoms with Crippen molar-refractivity contribution in [1.29, 1.82) is 0 Å². The maximum absolute atomic E-state index is 14.2. The number of nitrogens with zero attached hydrogens (tertiary/aromatic N) is 1. The number of fused-ring (bicyclic) bond motifs is 1. The van der Waals surface area contributed by atoms with E-state index in [1.807, 2.05) is 13.8 Å². The number of carbonyl (C=O) groups excluding carboxylic acids is 6. The normalized spacial score (nSPS) is 23.8. The van der Waals surface area contributed by atoms with Gasteiger partial charge in [-0.25, -0.2) is 4.79 Å². The van der Waals surface area contributed by atoms with Gasteiger partial charge in [0.25, 0.3) is 0 Å². The molecule has 13 N–H and O–H groups in total. The molecule has 0 unspecified atom stereocenters. The molecule has 0 aliphatic carbocycles. The number of carboxylic acids is 1. The Labute approximate surface area is 339 Å². The van der Waals surface area contributed by atoms with Crippen LogP contribution in [0.1, 0.15) is 90.0 Å². The Morgan fingerprint density at radius 2 is 1.45 bits per heavy atom. The number of nitrogens with one attached hydrogen (secondary N) is 5. The topological polar surface area (TPSA) is 301 Å². The molecule has 2 heterocycles. The van der Waals surface area contributed by atoms with Crippen molar-refractivity contribution in [2.45, 2.75) is 133 Å². The summed E-state index contributed by atoms with van der Waals surface area (Å²) in [5.74, 6) is -5.14. The molecule has 2 aliphatic rings. The third kappa shape index (κ3) is 15.0. The predicted molar refractivity (Wildman–Crippen MR) is 215 cm³/mol. The summed E-state index contributed by atoms with van der Waals surface area (Å²) in [4.78, 5) is 96.3. The predicted octanol–water partition coefficient (Wildman–Crippen LogP) is -0.584. The molecule has 1 fully saturated rings. The third-order valence-corrected chi connectivity index (χ3v) is 10.2. The first-order chi connectivity index (χ1) is 27.6. The molecule has 322 valence electrons. The standard InChI is InChI=1S/C40H63N9O9/c1-24(2)22-32(40(57)58)48-37(54)31(23-25-15-17-26(50)18-16-25)47-36(53)29-11-4-3-10-27(43)34(51)44-28(12-5-7-19-41)35(52)46-30(13-6-8-20-42)39(56)49-21-9-14-33(49)38(55)45-29/h3-4,15-18,24,27-33,50H,5-14,19-23,41-43H2,1-2H3,(H,44,51)(H,45,55)(H,46,52)(H,47,53)(H,48,54)(H,57,58)/b4-3-/t27-,28-,29+,30-,31-,32-,33-/m0/s1. The minimum atomic E-state index is -1.30. The summed E-state index contributed by atoms with van der Waals surface area (Å²) < 4.78 is 0. The smallest absolute Gasteiger partial charge is 0.326 e. The van der Waals surface area contributed by atoms with Gasteiger partial charge in [0.2, 0.25) is 35.4 Å². The number of phenolic OH excluding ortho intramolecular Hbond substituents is 1. The van der Waals surface area contributed by atoms with E-state index < -0.39 is 83.7 Å². The number of aliphatic carboxylic acids is 1. The van der Waals surface area contributed by atoms with Crippen LogP contribution in [-0.4, -0.2) is 118 Å². The fourth-order valence-corrected chi connectivity index (χ4v) is 6.96. The van der Waals surface area contributed by atoms with Crippen molar-refractivity contribution in [3.8, 4) is 5.75 Å². The van der Waals surface area contributed by atoms with Gasteiger partial charge in [0.1, 0.15) is 42.0 Å². The molecule has 18 nitrogen and oxygen atoms in total. The lowest BCUT2D eigenvalue weighted by Gasteiger charge is -2.31. The highest BCUT2D eigenvalue weighted by Crippen LogP contribution is 2.21. The lowest BCUT2D eigenvalue weighted by Crippen LogP contribution is -2.59. The molecule has 6 amide bonds. The van der Waals surface area contributed by atoms with Gasteiger partial charge in [-0.1, -0.05) is 38.1 Å². The summed E-state index contributed by atoms with van der Waals surface area (Å²) in [6, 6.07) is -1.97. The second kappa shape index (κ2) is 24.0. The second-order valence-corrected chi connectivity index (χ2v) is 15.5. The molecule has 0 radical (unpaired) electrons. The molecule has 3 rings (SSSR count). The summed E-state index contributed by atoms with van der Waals surface area (Å²) in [5, 5.41) is 33.1. The van der Waals surface area contributed by atoms with E-state index in [1.54, 1.807) is 24.3 Å². The molecule has 0 aromatic heterocycles. The Morgan fingerprint density at radius 3 is 2.07 bits per heavy atom. The summed E-state index contributed by atoms with van der Waals surface area (Å²) in [5.41, 5.74) is 18.2. The Balaban J connectivity index is 1.97. The van der Waals surface area contributed by atoms with Crippen molar-refractivity contribution in [1.82, 2.24) is 31.5 Å². The average molecular weight is 814 g/mol. The Kier molecular flexibility index (Phi) is 19.6. The first-order valence-electron chi connectivity index (χ1n) is 20.3. The van der Waals surface area contributed by atoms with Gasteiger partial charge < -0.3 is 58.9 Å². The van der Waals surface area contributed by atoms with Crippen molar-refractivity contribution in [2.24, 2.45) is 23.1 Å². The number of nitrogens with two attached hydrogens (primary N) is 3. The first kappa shape index (κ1) is 47.3. The fourth-order valence-electron chi connectivity index (χ4n) is 6.96. The lowest BCUT2D eigenvalue weighted by atomic mass is 10.0. The third-order valence-electron chi connectivity index (χ3n) is 10.2. The number of unbranched alkanes of at least 4 members (excludes halogenated alkanes) is 2. The zero-order valence-corrected chi connectivity index (χ0v) is 33.6. The summed E-state index contributed by atoms with van der Waals surface area (Å²) in [6.07, 6.45) is 6.58. The summed E-state index contributed by atoms with van der Waals surface area (Å²) in [6.45, 7) is 4.60. The van der Waals surface area contributed by atoms with E-state index in [9.17, 15) is 43.8 Å².